The standard InChI is InChI=1S/C12H19N5O3S/c1-2-14-12(18)16-6-8-17(9-7-16)21(19,20)10-4-3-5-15-11(10)13/h3-5H,2,6-9H2,1H3,(H2,13,15)(H,14,18). The first-order chi connectivity index (χ1) is 9.96. The summed E-state index contributed by atoms with van der Waals surface area (Å²) < 4.78 is 26.3. The van der Waals surface area contributed by atoms with Crippen molar-refractivity contribution in [2.45, 2.75) is 11.8 Å². The Balaban J connectivity index is 2.08. The van der Waals surface area contributed by atoms with Crippen LogP contribution in [0, 0.1) is 0 Å². The number of nitrogens with zero attached hydrogens (tertiary/aromatic N) is 3. The minimum Gasteiger partial charge on any atom is -0.383 e. The Morgan fingerprint density at radius 3 is 2.62 bits per heavy atom. The lowest BCUT2D eigenvalue weighted by molar-refractivity contribution is 0.173. The van der Waals surface area contributed by atoms with Crippen LogP contribution in [0.3, 0.4) is 0 Å². The van der Waals surface area contributed by atoms with E-state index in [9.17, 15) is 13.2 Å². The molecule has 1 saturated heterocycles. The maximum Gasteiger partial charge on any atom is 0.317 e. The van der Waals surface area contributed by atoms with Gasteiger partial charge in [-0.25, -0.2) is 18.2 Å². The van der Waals surface area contributed by atoms with Gasteiger partial charge >= 0.3 is 6.03 Å². The minimum absolute atomic E-state index is 0.0105. The average Bonchev–Trinajstić information content (AvgIpc) is 2.48. The molecule has 0 unspecified atom stereocenters. The van der Waals surface area contributed by atoms with Crippen LogP contribution in [-0.2, 0) is 10.0 Å². The number of nitrogen functional groups attached to an aromatic ring is 1. The van der Waals surface area contributed by atoms with Crippen LogP contribution in [0.4, 0.5) is 10.6 Å². The summed E-state index contributed by atoms with van der Waals surface area (Å²) in [4.78, 5) is 17.1. The number of piperazine rings is 1. The van der Waals surface area contributed by atoms with E-state index in [0.717, 1.165) is 0 Å². The van der Waals surface area contributed by atoms with Crippen molar-refractivity contribution in [1.82, 2.24) is 19.5 Å². The summed E-state index contributed by atoms with van der Waals surface area (Å²) in [6.07, 6.45) is 1.45. The van der Waals surface area contributed by atoms with Gasteiger partial charge in [-0.05, 0) is 19.1 Å². The fourth-order valence-electron chi connectivity index (χ4n) is 2.15. The van der Waals surface area contributed by atoms with Crippen molar-refractivity contribution in [2.24, 2.45) is 0 Å². The number of anilines is 1. The van der Waals surface area contributed by atoms with E-state index in [1.807, 2.05) is 6.92 Å². The molecule has 2 rings (SSSR count). The van der Waals surface area contributed by atoms with Crippen LogP contribution in [0.1, 0.15) is 6.92 Å². The largest absolute Gasteiger partial charge is 0.383 e. The first-order valence-corrected chi connectivity index (χ1v) is 8.14. The lowest BCUT2D eigenvalue weighted by Crippen LogP contribution is -2.53. The fourth-order valence-corrected chi connectivity index (χ4v) is 3.64. The van der Waals surface area contributed by atoms with Crippen molar-refractivity contribution in [2.75, 3.05) is 38.5 Å². The highest BCUT2D eigenvalue weighted by molar-refractivity contribution is 7.89. The molecule has 2 heterocycles. The number of hydrogen-bond donors (Lipinski definition) is 2. The zero-order valence-corrected chi connectivity index (χ0v) is 12.6. The number of carbonyl (C=O) groups is 1. The Kier molecular flexibility index (Phi) is 4.63. The molecule has 1 aliphatic heterocycles. The molecule has 0 aliphatic carbocycles. The highest BCUT2D eigenvalue weighted by atomic mass is 32.2. The van der Waals surface area contributed by atoms with E-state index < -0.39 is 10.0 Å². The second-order valence-electron chi connectivity index (χ2n) is 4.61. The highest BCUT2D eigenvalue weighted by Crippen LogP contribution is 2.21. The number of amides is 2. The molecule has 1 fully saturated rings. The van der Waals surface area contributed by atoms with Gasteiger partial charge in [0, 0.05) is 38.9 Å². The van der Waals surface area contributed by atoms with Gasteiger partial charge in [0.25, 0.3) is 0 Å². The van der Waals surface area contributed by atoms with E-state index in [-0.39, 0.29) is 29.8 Å². The molecule has 116 valence electrons. The molecule has 1 aliphatic rings. The van der Waals surface area contributed by atoms with Gasteiger partial charge in [-0.15, -0.1) is 0 Å². The second-order valence-corrected chi connectivity index (χ2v) is 6.52. The van der Waals surface area contributed by atoms with Crippen molar-refractivity contribution in [3.63, 3.8) is 0 Å². The smallest absolute Gasteiger partial charge is 0.317 e. The van der Waals surface area contributed by atoms with Gasteiger partial charge in [-0.2, -0.15) is 4.31 Å². The Labute approximate surface area is 124 Å². The zero-order valence-electron chi connectivity index (χ0n) is 11.8. The predicted octanol–water partition coefficient (Wildman–Crippen LogP) is -0.300. The van der Waals surface area contributed by atoms with E-state index in [0.29, 0.717) is 19.6 Å². The SMILES string of the molecule is CCNC(=O)N1CCN(S(=O)(=O)c2cccnc2N)CC1. The van der Waals surface area contributed by atoms with Gasteiger partial charge < -0.3 is 16.0 Å². The van der Waals surface area contributed by atoms with Gasteiger partial charge in [-0.1, -0.05) is 0 Å². The van der Waals surface area contributed by atoms with Crippen LogP contribution < -0.4 is 11.1 Å². The van der Waals surface area contributed by atoms with Crippen LogP contribution in [0.5, 0.6) is 0 Å². The van der Waals surface area contributed by atoms with Crippen LogP contribution in [-0.4, -0.2) is 61.4 Å². The van der Waals surface area contributed by atoms with Gasteiger partial charge in [0.05, 0.1) is 0 Å². The molecule has 0 spiro atoms. The average molecular weight is 313 g/mol. The molecule has 0 aromatic carbocycles. The molecular formula is C12H19N5O3S. The summed E-state index contributed by atoms with van der Waals surface area (Å²) in [5.74, 6) is -0.0105. The number of pyridine rings is 1. The number of carbonyl (C=O) groups excluding carboxylic acids is 1. The molecule has 0 saturated carbocycles. The number of nitrogens with one attached hydrogen (secondary N) is 1. The normalized spacial score (nSPS) is 16.7. The van der Waals surface area contributed by atoms with Crippen molar-refractivity contribution in [3.05, 3.63) is 18.3 Å². The first kappa shape index (κ1) is 15.5. The number of aromatic nitrogens is 1. The third-order valence-electron chi connectivity index (χ3n) is 3.27. The number of urea groups is 1. The minimum atomic E-state index is -3.67. The lowest BCUT2D eigenvalue weighted by Gasteiger charge is -2.33. The molecule has 1 aromatic rings. The Hall–Kier alpha value is -1.87. The van der Waals surface area contributed by atoms with Crippen LogP contribution in [0.15, 0.2) is 23.2 Å². The van der Waals surface area contributed by atoms with Crippen molar-refractivity contribution < 1.29 is 13.2 Å². The van der Waals surface area contributed by atoms with E-state index in [4.69, 9.17) is 5.73 Å². The molecule has 21 heavy (non-hydrogen) atoms. The zero-order chi connectivity index (χ0) is 15.5. The highest BCUT2D eigenvalue weighted by Gasteiger charge is 2.31. The quantitative estimate of drug-likeness (QED) is 0.796. The molecule has 0 bridgehead atoms. The lowest BCUT2D eigenvalue weighted by atomic mass is 10.4. The van der Waals surface area contributed by atoms with Gasteiger partial charge in [0.15, 0.2) is 0 Å². The molecule has 1 aromatic heterocycles. The summed E-state index contributed by atoms with van der Waals surface area (Å²) >= 11 is 0. The third kappa shape index (κ3) is 3.24. The van der Waals surface area contributed by atoms with Crippen molar-refractivity contribution in [1.29, 1.82) is 0 Å². The summed E-state index contributed by atoms with van der Waals surface area (Å²) in [5.41, 5.74) is 5.64. The molecule has 8 nitrogen and oxygen atoms in total. The van der Waals surface area contributed by atoms with E-state index in [1.165, 1.54) is 22.6 Å². The maximum atomic E-state index is 12.5. The predicted molar refractivity (Wildman–Crippen MR) is 78.1 cm³/mol. The topological polar surface area (TPSA) is 109 Å². The second kappa shape index (κ2) is 6.27. The van der Waals surface area contributed by atoms with Gasteiger partial charge in [0.1, 0.15) is 10.7 Å². The fraction of sp³-hybridized carbons (Fsp3) is 0.500. The van der Waals surface area contributed by atoms with Crippen LogP contribution >= 0.6 is 0 Å². The first-order valence-electron chi connectivity index (χ1n) is 6.70. The van der Waals surface area contributed by atoms with Crippen molar-refractivity contribution in [3.8, 4) is 0 Å². The van der Waals surface area contributed by atoms with Gasteiger partial charge in [0.2, 0.25) is 10.0 Å². The summed E-state index contributed by atoms with van der Waals surface area (Å²) in [5, 5.41) is 2.70. The molecule has 0 radical (unpaired) electrons. The van der Waals surface area contributed by atoms with Crippen molar-refractivity contribution >= 4 is 21.9 Å². The molecular weight excluding hydrogens is 294 g/mol. The maximum absolute atomic E-state index is 12.5. The van der Waals surface area contributed by atoms with E-state index in [2.05, 4.69) is 10.3 Å². The number of nitrogens with two attached hydrogens (primary N) is 1. The summed E-state index contributed by atoms with van der Waals surface area (Å²) in [6.45, 7) is 3.57. The molecule has 2 amide bonds. The Bertz CT molecular complexity index is 611. The van der Waals surface area contributed by atoms with E-state index >= 15 is 0 Å². The summed E-state index contributed by atoms with van der Waals surface area (Å²) in [6, 6.07) is 2.80. The number of sulfonamides is 1. The van der Waals surface area contributed by atoms with E-state index in [1.54, 1.807) is 4.90 Å². The van der Waals surface area contributed by atoms with Crippen LogP contribution in [0.25, 0.3) is 0 Å². The van der Waals surface area contributed by atoms with Gasteiger partial charge in [-0.3, -0.25) is 0 Å². The van der Waals surface area contributed by atoms with Crippen LogP contribution in [0.2, 0.25) is 0 Å². The summed E-state index contributed by atoms with van der Waals surface area (Å²) in [7, 11) is -3.67. The number of hydrogen-bond acceptors (Lipinski definition) is 5. The Morgan fingerprint density at radius 2 is 2.05 bits per heavy atom. The molecule has 0 atom stereocenters. The monoisotopic (exact) mass is 313 g/mol. The third-order valence-corrected chi connectivity index (χ3v) is 5.22. The molecule has 9 heteroatoms. The molecule has 3 N–H and O–H groups in total. The number of rotatable bonds is 3. The Morgan fingerprint density at radius 1 is 1.38 bits per heavy atom.